The Morgan fingerprint density at radius 2 is 1.95 bits per heavy atom. The molecule has 0 bridgehead atoms. The van der Waals surface area contributed by atoms with Crippen molar-refractivity contribution in [2.24, 2.45) is 5.92 Å². The molecule has 0 amide bonds. The fourth-order valence-electron chi connectivity index (χ4n) is 2.73. The van der Waals surface area contributed by atoms with Crippen LogP contribution in [0, 0.1) is 17.7 Å². The Labute approximate surface area is 122 Å². The van der Waals surface area contributed by atoms with Crippen molar-refractivity contribution in [1.82, 2.24) is 10.2 Å². The molecule has 0 atom stereocenters. The number of hydrogen-bond donors (Lipinski definition) is 1. The molecule has 111 valence electrons. The van der Waals surface area contributed by atoms with Gasteiger partial charge in [-0.25, -0.2) is 4.39 Å². The highest BCUT2D eigenvalue weighted by atomic mass is 19.1. The summed E-state index contributed by atoms with van der Waals surface area (Å²) in [5.41, 5.74) is 2.04. The maximum Gasteiger partial charge on any atom is 0.123 e. The van der Waals surface area contributed by atoms with Crippen molar-refractivity contribution in [1.29, 1.82) is 0 Å². The van der Waals surface area contributed by atoms with E-state index in [1.54, 1.807) is 12.1 Å². The fraction of sp³-hybridized carbons (Fsp3) is 0.588. The monoisotopic (exact) mass is 277 g/mol. The summed E-state index contributed by atoms with van der Waals surface area (Å²) in [7, 11) is 2.18. The maximum absolute atomic E-state index is 13.6. The summed E-state index contributed by atoms with van der Waals surface area (Å²) < 4.78 is 13.6. The molecule has 0 saturated carbocycles. The second-order valence-corrected chi connectivity index (χ2v) is 6.23. The molecule has 0 spiro atoms. The van der Waals surface area contributed by atoms with Crippen molar-refractivity contribution >= 4 is 0 Å². The highest BCUT2D eigenvalue weighted by Gasteiger charge is 2.16. The minimum Gasteiger partial charge on any atom is -0.312 e. The van der Waals surface area contributed by atoms with Crippen molar-refractivity contribution in [3.8, 4) is 0 Å². The molecule has 1 aliphatic heterocycles. The molecule has 20 heavy (non-hydrogen) atoms. The van der Waals surface area contributed by atoms with E-state index in [1.165, 1.54) is 25.9 Å². The highest BCUT2D eigenvalue weighted by Crippen LogP contribution is 2.18. The van der Waals surface area contributed by atoms with Gasteiger partial charge in [0.1, 0.15) is 5.82 Å². The number of piperidine rings is 1. The van der Waals surface area contributed by atoms with Crippen LogP contribution in [0.5, 0.6) is 0 Å². The number of benzene rings is 1. The molecule has 0 aromatic heterocycles. The van der Waals surface area contributed by atoms with E-state index in [2.05, 4.69) is 23.3 Å². The first-order valence-corrected chi connectivity index (χ1v) is 7.54. The van der Waals surface area contributed by atoms with Gasteiger partial charge in [-0.15, -0.1) is 0 Å². The number of rotatable bonds is 5. The van der Waals surface area contributed by atoms with Gasteiger partial charge in [0.05, 0.1) is 0 Å². The first-order valence-electron chi connectivity index (χ1n) is 7.54. The van der Waals surface area contributed by atoms with Crippen LogP contribution in [0.15, 0.2) is 18.2 Å². The summed E-state index contributed by atoms with van der Waals surface area (Å²) in [5, 5.41) is 3.49. The van der Waals surface area contributed by atoms with Gasteiger partial charge in [0.25, 0.3) is 0 Å². The van der Waals surface area contributed by atoms with Crippen molar-refractivity contribution < 1.29 is 4.39 Å². The van der Waals surface area contributed by atoms with E-state index in [4.69, 9.17) is 0 Å². The summed E-state index contributed by atoms with van der Waals surface area (Å²) in [4.78, 5) is 2.38. The molecule has 1 fully saturated rings. The largest absolute Gasteiger partial charge is 0.312 e. The van der Waals surface area contributed by atoms with Gasteiger partial charge in [-0.05, 0) is 74.6 Å². The van der Waals surface area contributed by atoms with E-state index in [0.717, 1.165) is 36.1 Å². The van der Waals surface area contributed by atoms with Crippen LogP contribution in [0.1, 0.15) is 37.8 Å². The van der Waals surface area contributed by atoms with Gasteiger partial charge in [-0.3, -0.25) is 0 Å². The third kappa shape index (κ3) is 4.57. The van der Waals surface area contributed by atoms with Crippen LogP contribution in [0.3, 0.4) is 0 Å². The van der Waals surface area contributed by atoms with Gasteiger partial charge in [0.2, 0.25) is 0 Å². The molecule has 0 unspecified atom stereocenters. The molecule has 0 aliphatic carbocycles. The minimum atomic E-state index is -0.139. The maximum atomic E-state index is 13.6. The van der Waals surface area contributed by atoms with E-state index >= 15 is 0 Å². The van der Waals surface area contributed by atoms with Crippen molar-refractivity contribution in [3.05, 3.63) is 41.1 Å². The normalized spacial score (nSPS) is 17.9. The van der Waals surface area contributed by atoms with Gasteiger partial charge in [0, 0.05) is 6.54 Å². The van der Waals surface area contributed by atoms with Crippen molar-refractivity contribution in [2.75, 3.05) is 26.7 Å². The lowest BCUT2D eigenvalue weighted by atomic mass is 9.97. The predicted molar refractivity (Wildman–Crippen MR) is 82.0 cm³/mol. The third-order valence-corrected chi connectivity index (χ3v) is 4.14. The topological polar surface area (TPSA) is 15.3 Å². The Bertz CT molecular complexity index is 423. The van der Waals surface area contributed by atoms with Crippen LogP contribution in [0.2, 0.25) is 0 Å². The lowest BCUT2D eigenvalue weighted by Gasteiger charge is -2.29. The summed E-state index contributed by atoms with van der Waals surface area (Å²) in [5.74, 6) is 1.78. The second kappa shape index (κ2) is 7.19. The van der Waals surface area contributed by atoms with Crippen LogP contribution in [-0.4, -0.2) is 31.6 Å². The summed E-state index contributed by atoms with van der Waals surface area (Å²) >= 11 is 0. The molecule has 1 aliphatic rings. The SMILES string of the molecule is C[C](C)c1cc(F)cc(CNCC2CCN(C)CC2)c1. The first kappa shape index (κ1) is 15.5. The number of likely N-dealkylation sites (tertiary alicyclic amines) is 1. The fourth-order valence-corrected chi connectivity index (χ4v) is 2.73. The van der Waals surface area contributed by atoms with E-state index in [0.29, 0.717) is 0 Å². The molecule has 1 aromatic carbocycles. The Kier molecular flexibility index (Phi) is 5.55. The molecular weight excluding hydrogens is 251 g/mol. The molecule has 1 aromatic rings. The molecule has 1 heterocycles. The zero-order valence-electron chi connectivity index (χ0n) is 12.9. The average Bonchev–Trinajstić information content (AvgIpc) is 2.40. The first-order chi connectivity index (χ1) is 9.54. The number of halogens is 1. The summed E-state index contributed by atoms with van der Waals surface area (Å²) in [6.07, 6.45) is 2.53. The van der Waals surface area contributed by atoms with Crippen LogP contribution in [0.4, 0.5) is 4.39 Å². The van der Waals surface area contributed by atoms with Crippen molar-refractivity contribution in [2.45, 2.75) is 33.2 Å². The van der Waals surface area contributed by atoms with E-state index < -0.39 is 0 Å². The van der Waals surface area contributed by atoms with Gasteiger partial charge in [0.15, 0.2) is 0 Å². The highest BCUT2D eigenvalue weighted by molar-refractivity contribution is 5.33. The molecule has 1 N–H and O–H groups in total. The molecular formula is C17H26FN2. The molecule has 2 nitrogen and oxygen atoms in total. The predicted octanol–water partition coefficient (Wildman–Crippen LogP) is 3.22. The Hall–Kier alpha value is -0.930. The minimum absolute atomic E-state index is 0.139. The lowest BCUT2D eigenvalue weighted by molar-refractivity contribution is 0.216. The zero-order valence-corrected chi connectivity index (χ0v) is 12.9. The molecule has 3 heteroatoms. The van der Waals surface area contributed by atoms with Crippen molar-refractivity contribution in [3.63, 3.8) is 0 Å². The number of nitrogens with one attached hydrogen (secondary N) is 1. The van der Waals surface area contributed by atoms with Crippen LogP contribution < -0.4 is 5.32 Å². The summed E-state index contributed by atoms with van der Waals surface area (Å²) in [6.45, 7) is 8.22. The molecule has 1 saturated heterocycles. The molecule has 1 radical (unpaired) electrons. The van der Waals surface area contributed by atoms with Gasteiger partial charge in [-0.1, -0.05) is 19.9 Å². The Balaban J connectivity index is 1.82. The Morgan fingerprint density at radius 3 is 2.60 bits per heavy atom. The number of hydrogen-bond acceptors (Lipinski definition) is 2. The van der Waals surface area contributed by atoms with Gasteiger partial charge < -0.3 is 10.2 Å². The quantitative estimate of drug-likeness (QED) is 0.889. The zero-order chi connectivity index (χ0) is 14.5. The van der Waals surface area contributed by atoms with Crippen LogP contribution in [0.25, 0.3) is 0 Å². The van der Waals surface area contributed by atoms with Crippen LogP contribution >= 0.6 is 0 Å². The third-order valence-electron chi connectivity index (χ3n) is 4.14. The molecule has 2 rings (SSSR count). The smallest absolute Gasteiger partial charge is 0.123 e. The summed E-state index contributed by atoms with van der Waals surface area (Å²) in [6, 6.07) is 5.32. The second-order valence-electron chi connectivity index (χ2n) is 6.23. The van der Waals surface area contributed by atoms with E-state index in [-0.39, 0.29) is 5.82 Å². The van der Waals surface area contributed by atoms with E-state index in [1.807, 2.05) is 13.8 Å². The Morgan fingerprint density at radius 1 is 1.25 bits per heavy atom. The standard InChI is InChI=1S/C17H26FN2/c1-13(2)16-8-15(9-17(18)10-16)12-19-11-14-4-6-20(3)7-5-14/h8-10,14,19H,4-7,11-12H2,1-3H3. The number of nitrogens with zero attached hydrogens (tertiary/aromatic N) is 1. The lowest BCUT2D eigenvalue weighted by Crippen LogP contribution is -2.34. The van der Waals surface area contributed by atoms with Gasteiger partial charge >= 0.3 is 0 Å². The van der Waals surface area contributed by atoms with E-state index in [9.17, 15) is 4.39 Å². The van der Waals surface area contributed by atoms with Gasteiger partial charge in [-0.2, -0.15) is 0 Å². The average molecular weight is 277 g/mol. The van der Waals surface area contributed by atoms with Crippen LogP contribution in [-0.2, 0) is 6.54 Å².